The van der Waals surface area contributed by atoms with Gasteiger partial charge in [-0.05, 0) is 30.0 Å². The van der Waals surface area contributed by atoms with E-state index in [2.05, 4.69) is 29.5 Å². The second-order valence-corrected chi connectivity index (χ2v) is 7.31. The molecule has 4 nitrogen and oxygen atoms in total. The first-order chi connectivity index (χ1) is 11.0. The maximum Gasteiger partial charge on any atom is 0.223 e. The smallest absolute Gasteiger partial charge is 0.223 e. The van der Waals surface area contributed by atoms with Crippen LogP contribution in [-0.4, -0.2) is 22.5 Å². The SMILES string of the molecule is CC(C)c1nc(CCNC(=O)[C@@H]2C[C@H]2c2cccc(O)c2)cs1. The fraction of sp³-hybridized carbons (Fsp3) is 0.444. The number of aromatic nitrogens is 1. The normalized spacial score (nSPS) is 19.8. The van der Waals surface area contributed by atoms with Crippen molar-refractivity contribution in [2.24, 2.45) is 5.92 Å². The lowest BCUT2D eigenvalue weighted by atomic mass is 10.1. The van der Waals surface area contributed by atoms with Crippen LogP contribution in [0.25, 0.3) is 0 Å². The van der Waals surface area contributed by atoms with E-state index in [1.165, 1.54) is 0 Å². The van der Waals surface area contributed by atoms with Gasteiger partial charge >= 0.3 is 0 Å². The molecule has 0 spiro atoms. The average molecular weight is 330 g/mol. The van der Waals surface area contributed by atoms with Crippen molar-refractivity contribution in [3.8, 4) is 5.75 Å². The van der Waals surface area contributed by atoms with Gasteiger partial charge in [0, 0.05) is 30.2 Å². The molecule has 2 N–H and O–H groups in total. The standard InChI is InChI=1S/C18H22N2O2S/c1-11(2)18-20-13(10-23-18)6-7-19-17(22)16-9-15(16)12-4-3-5-14(21)8-12/h3-5,8,10-11,15-16,21H,6-7,9H2,1-2H3,(H,19,22)/t15-,16+/m0/s1. The number of thiazole rings is 1. The lowest BCUT2D eigenvalue weighted by molar-refractivity contribution is -0.122. The zero-order valence-corrected chi connectivity index (χ0v) is 14.3. The fourth-order valence-corrected chi connectivity index (χ4v) is 3.63. The van der Waals surface area contributed by atoms with Crippen molar-refractivity contribution in [1.29, 1.82) is 0 Å². The number of carbonyl (C=O) groups is 1. The van der Waals surface area contributed by atoms with Crippen molar-refractivity contribution in [1.82, 2.24) is 10.3 Å². The molecular formula is C18H22N2O2S. The van der Waals surface area contributed by atoms with Gasteiger partial charge < -0.3 is 10.4 Å². The second kappa shape index (κ2) is 6.71. The van der Waals surface area contributed by atoms with Crippen LogP contribution in [0, 0.1) is 5.92 Å². The number of aromatic hydroxyl groups is 1. The summed E-state index contributed by atoms with van der Waals surface area (Å²) >= 11 is 1.69. The minimum atomic E-state index is 0.0402. The van der Waals surface area contributed by atoms with E-state index in [4.69, 9.17) is 0 Å². The Morgan fingerprint density at radius 2 is 2.30 bits per heavy atom. The Morgan fingerprint density at radius 1 is 1.48 bits per heavy atom. The van der Waals surface area contributed by atoms with Crippen LogP contribution in [-0.2, 0) is 11.2 Å². The number of carbonyl (C=O) groups excluding carboxylic acids is 1. The van der Waals surface area contributed by atoms with Crippen molar-refractivity contribution in [3.05, 3.63) is 45.9 Å². The molecule has 3 rings (SSSR count). The van der Waals surface area contributed by atoms with E-state index >= 15 is 0 Å². The number of nitrogens with zero attached hydrogens (tertiary/aromatic N) is 1. The van der Waals surface area contributed by atoms with Crippen LogP contribution < -0.4 is 5.32 Å². The van der Waals surface area contributed by atoms with Crippen LogP contribution in [0.2, 0.25) is 0 Å². The van der Waals surface area contributed by atoms with Gasteiger partial charge in [0.25, 0.3) is 0 Å². The molecule has 0 saturated heterocycles. The van der Waals surface area contributed by atoms with Crippen molar-refractivity contribution in [2.75, 3.05) is 6.54 Å². The molecule has 2 atom stereocenters. The number of rotatable bonds is 6. The van der Waals surface area contributed by atoms with E-state index in [1.807, 2.05) is 12.1 Å². The molecule has 1 saturated carbocycles. The Hall–Kier alpha value is -1.88. The van der Waals surface area contributed by atoms with E-state index in [1.54, 1.807) is 23.5 Å². The molecule has 122 valence electrons. The fourth-order valence-electron chi connectivity index (χ4n) is 2.76. The molecule has 1 aromatic carbocycles. The van der Waals surface area contributed by atoms with E-state index in [0.717, 1.165) is 29.1 Å². The molecule has 0 aliphatic heterocycles. The molecular weight excluding hydrogens is 308 g/mol. The summed E-state index contributed by atoms with van der Waals surface area (Å²) in [5, 5.41) is 15.8. The largest absolute Gasteiger partial charge is 0.508 e. The van der Waals surface area contributed by atoms with Gasteiger partial charge in [0.05, 0.1) is 10.7 Å². The highest BCUT2D eigenvalue weighted by Gasteiger charge is 2.43. The number of benzene rings is 1. The van der Waals surface area contributed by atoms with Crippen molar-refractivity contribution in [3.63, 3.8) is 0 Å². The first kappa shape index (κ1) is 16.0. The molecule has 23 heavy (non-hydrogen) atoms. The zero-order valence-electron chi connectivity index (χ0n) is 13.5. The Kier molecular flexibility index (Phi) is 4.66. The zero-order chi connectivity index (χ0) is 16.4. The van der Waals surface area contributed by atoms with Crippen LogP contribution >= 0.6 is 11.3 Å². The topological polar surface area (TPSA) is 62.2 Å². The van der Waals surface area contributed by atoms with Gasteiger partial charge in [-0.15, -0.1) is 11.3 Å². The number of amides is 1. The predicted molar refractivity (Wildman–Crippen MR) is 91.9 cm³/mol. The molecule has 1 heterocycles. The molecule has 1 fully saturated rings. The molecule has 5 heteroatoms. The maximum absolute atomic E-state index is 12.2. The lowest BCUT2D eigenvalue weighted by Gasteiger charge is -2.04. The molecule has 0 unspecified atom stereocenters. The number of phenols is 1. The van der Waals surface area contributed by atoms with Crippen molar-refractivity contribution in [2.45, 2.75) is 38.5 Å². The van der Waals surface area contributed by atoms with Crippen LogP contribution in [0.3, 0.4) is 0 Å². The van der Waals surface area contributed by atoms with E-state index in [9.17, 15) is 9.90 Å². The number of hydrogen-bond acceptors (Lipinski definition) is 4. The monoisotopic (exact) mass is 330 g/mol. The Morgan fingerprint density at radius 3 is 3.00 bits per heavy atom. The molecule has 1 aromatic heterocycles. The van der Waals surface area contributed by atoms with E-state index in [0.29, 0.717) is 12.5 Å². The third-order valence-corrected chi connectivity index (χ3v) is 5.36. The number of hydrogen-bond donors (Lipinski definition) is 2. The summed E-state index contributed by atoms with van der Waals surface area (Å²) in [7, 11) is 0. The molecule has 1 aliphatic rings. The van der Waals surface area contributed by atoms with Gasteiger partial charge in [0.15, 0.2) is 0 Å². The highest BCUT2D eigenvalue weighted by molar-refractivity contribution is 7.09. The highest BCUT2D eigenvalue weighted by atomic mass is 32.1. The van der Waals surface area contributed by atoms with Crippen LogP contribution in [0.15, 0.2) is 29.6 Å². The van der Waals surface area contributed by atoms with Gasteiger partial charge in [-0.25, -0.2) is 4.98 Å². The Balaban J connectivity index is 1.45. The number of nitrogens with one attached hydrogen (secondary N) is 1. The maximum atomic E-state index is 12.2. The molecule has 0 bridgehead atoms. The van der Waals surface area contributed by atoms with E-state index < -0.39 is 0 Å². The van der Waals surface area contributed by atoms with Crippen LogP contribution in [0.1, 0.15) is 48.4 Å². The number of phenolic OH excluding ortho intramolecular Hbond substituents is 1. The minimum Gasteiger partial charge on any atom is -0.508 e. The van der Waals surface area contributed by atoms with Crippen molar-refractivity contribution < 1.29 is 9.90 Å². The van der Waals surface area contributed by atoms with Gasteiger partial charge in [-0.2, -0.15) is 0 Å². The molecule has 1 aliphatic carbocycles. The first-order valence-corrected chi connectivity index (χ1v) is 8.93. The predicted octanol–water partition coefficient (Wildman–Crippen LogP) is 3.43. The lowest BCUT2D eigenvalue weighted by Crippen LogP contribution is -2.27. The summed E-state index contributed by atoms with van der Waals surface area (Å²) in [5.74, 6) is 1.11. The molecule has 1 amide bonds. The Labute approximate surface area is 140 Å². The van der Waals surface area contributed by atoms with Gasteiger partial charge in [-0.1, -0.05) is 26.0 Å². The summed E-state index contributed by atoms with van der Waals surface area (Å²) in [4.78, 5) is 16.8. The third-order valence-electron chi connectivity index (χ3n) is 4.17. The molecule has 0 radical (unpaired) electrons. The minimum absolute atomic E-state index is 0.0402. The van der Waals surface area contributed by atoms with Gasteiger partial charge in [-0.3, -0.25) is 4.79 Å². The summed E-state index contributed by atoms with van der Waals surface area (Å²) in [6, 6.07) is 7.20. The quantitative estimate of drug-likeness (QED) is 0.853. The van der Waals surface area contributed by atoms with Crippen LogP contribution in [0.4, 0.5) is 0 Å². The van der Waals surface area contributed by atoms with Gasteiger partial charge in [0.2, 0.25) is 5.91 Å². The summed E-state index contributed by atoms with van der Waals surface area (Å²) in [6.45, 7) is 4.90. The molecule has 2 aromatic rings. The second-order valence-electron chi connectivity index (χ2n) is 6.42. The summed E-state index contributed by atoms with van der Waals surface area (Å²) < 4.78 is 0. The Bertz CT molecular complexity index is 696. The van der Waals surface area contributed by atoms with Crippen LogP contribution in [0.5, 0.6) is 5.75 Å². The summed E-state index contributed by atoms with van der Waals surface area (Å²) in [5.41, 5.74) is 2.10. The average Bonchev–Trinajstić information content (AvgIpc) is 3.18. The first-order valence-electron chi connectivity index (χ1n) is 8.05. The highest BCUT2D eigenvalue weighted by Crippen LogP contribution is 2.48. The van der Waals surface area contributed by atoms with E-state index in [-0.39, 0.29) is 23.5 Å². The summed E-state index contributed by atoms with van der Waals surface area (Å²) in [6.07, 6.45) is 1.64. The van der Waals surface area contributed by atoms with Gasteiger partial charge in [0.1, 0.15) is 5.75 Å². The third kappa shape index (κ3) is 3.91. The van der Waals surface area contributed by atoms with Crippen molar-refractivity contribution >= 4 is 17.2 Å².